The normalized spacial score (nSPS) is 13.5. The van der Waals surface area contributed by atoms with Crippen molar-refractivity contribution in [1.82, 2.24) is 0 Å². The largest absolute Gasteiger partial charge is 0.413 e. The van der Waals surface area contributed by atoms with E-state index in [2.05, 4.69) is 52.6 Å². The van der Waals surface area contributed by atoms with Crippen molar-refractivity contribution in [2.75, 3.05) is 6.61 Å². The highest BCUT2D eigenvalue weighted by molar-refractivity contribution is 6.74. The van der Waals surface area contributed by atoms with Crippen molar-refractivity contribution in [2.45, 2.75) is 70.9 Å². The van der Waals surface area contributed by atoms with E-state index in [1.54, 1.807) is 0 Å². The molecule has 0 N–H and O–H groups in total. The van der Waals surface area contributed by atoms with E-state index >= 15 is 0 Å². The summed E-state index contributed by atoms with van der Waals surface area (Å²) in [5.74, 6) is 0. The third kappa shape index (κ3) is 8.12. The molecule has 0 amide bonds. The Morgan fingerprint density at radius 3 is 2.44 bits per heavy atom. The fraction of sp³-hybridized carbons (Fsp3) is 0.571. The van der Waals surface area contributed by atoms with Gasteiger partial charge in [-0.05, 0) is 36.5 Å². The molecule has 140 valence electrons. The minimum atomic E-state index is -1.89. The predicted molar refractivity (Wildman–Crippen MR) is 107 cm³/mol. The van der Waals surface area contributed by atoms with Crippen LogP contribution >= 0.6 is 0 Å². The van der Waals surface area contributed by atoms with Gasteiger partial charge >= 0.3 is 0 Å². The minimum absolute atomic E-state index is 0.0694. The summed E-state index contributed by atoms with van der Waals surface area (Å²) in [6, 6.07) is 10.1. The minimum Gasteiger partial charge on any atom is -0.413 e. The molecule has 4 heteroatoms. The van der Waals surface area contributed by atoms with E-state index in [-0.39, 0.29) is 11.1 Å². The molecule has 0 spiro atoms. The zero-order valence-electron chi connectivity index (χ0n) is 16.5. The van der Waals surface area contributed by atoms with Gasteiger partial charge in [0.1, 0.15) is 6.29 Å². The molecule has 1 atom stereocenters. The Morgan fingerprint density at radius 2 is 1.88 bits per heavy atom. The number of hydrogen-bond acceptors (Lipinski definition) is 3. The maximum Gasteiger partial charge on any atom is 0.192 e. The van der Waals surface area contributed by atoms with Crippen molar-refractivity contribution in [3.63, 3.8) is 0 Å². The van der Waals surface area contributed by atoms with E-state index in [1.165, 1.54) is 5.56 Å². The number of benzene rings is 1. The SMILES string of the molecule is C=C(CCOCc1ccccc1)C[C@H](CC=O)O[Si](C)(C)C(C)(C)C. The summed E-state index contributed by atoms with van der Waals surface area (Å²) < 4.78 is 12.1. The second kappa shape index (κ2) is 10.0. The van der Waals surface area contributed by atoms with Gasteiger partial charge in [-0.25, -0.2) is 0 Å². The summed E-state index contributed by atoms with van der Waals surface area (Å²) in [5, 5.41) is 0.133. The molecule has 0 fully saturated rings. The third-order valence-electron chi connectivity index (χ3n) is 4.85. The molecule has 25 heavy (non-hydrogen) atoms. The number of ether oxygens (including phenoxy) is 1. The van der Waals surface area contributed by atoms with Crippen LogP contribution in [0, 0.1) is 0 Å². The molecule has 3 nitrogen and oxygen atoms in total. The molecule has 0 aliphatic heterocycles. The van der Waals surface area contributed by atoms with Crippen LogP contribution in [0.25, 0.3) is 0 Å². The van der Waals surface area contributed by atoms with E-state index < -0.39 is 8.32 Å². The first kappa shape index (κ1) is 21.8. The molecule has 0 saturated heterocycles. The number of carbonyl (C=O) groups is 1. The van der Waals surface area contributed by atoms with Gasteiger partial charge in [-0.1, -0.05) is 63.3 Å². The van der Waals surface area contributed by atoms with Crippen molar-refractivity contribution in [3.05, 3.63) is 48.0 Å². The summed E-state index contributed by atoms with van der Waals surface area (Å²) in [6.45, 7) is 16.5. The standard InChI is InChI=1S/C21H34O3Si/c1-18(13-15-23-17-19-10-8-7-9-11-19)16-20(12-14-22)24-25(5,6)21(2,3)4/h7-11,14,20H,1,12-13,15-17H2,2-6H3/t20-/m0/s1. The fourth-order valence-corrected chi connectivity index (χ4v) is 3.65. The Bertz CT molecular complexity index is 532. The average molecular weight is 363 g/mol. The molecule has 0 bridgehead atoms. The molecule has 0 aliphatic rings. The molecular formula is C21H34O3Si. The third-order valence-corrected chi connectivity index (χ3v) is 9.39. The van der Waals surface area contributed by atoms with Crippen LogP contribution in [0.1, 0.15) is 45.6 Å². The topological polar surface area (TPSA) is 35.5 Å². The Morgan fingerprint density at radius 1 is 1.24 bits per heavy atom. The van der Waals surface area contributed by atoms with E-state index in [0.29, 0.717) is 19.6 Å². The number of rotatable bonds is 11. The lowest BCUT2D eigenvalue weighted by atomic mass is 10.1. The molecule has 0 aliphatic carbocycles. The van der Waals surface area contributed by atoms with Crippen LogP contribution in [-0.4, -0.2) is 27.3 Å². The maximum atomic E-state index is 11.0. The first-order valence-electron chi connectivity index (χ1n) is 9.05. The molecule has 0 aromatic heterocycles. The van der Waals surface area contributed by atoms with Crippen molar-refractivity contribution >= 4 is 14.6 Å². The Kier molecular flexibility index (Phi) is 8.76. The van der Waals surface area contributed by atoms with Gasteiger partial charge in [-0.3, -0.25) is 0 Å². The van der Waals surface area contributed by atoms with Gasteiger partial charge in [-0.15, -0.1) is 0 Å². The second-order valence-corrected chi connectivity index (χ2v) is 12.9. The van der Waals surface area contributed by atoms with E-state index in [0.717, 1.165) is 24.7 Å². The molecule has 1 rings (SSSR count). The average Bonchev–Trinajstić information content (AvgIpc) is 2.51. The Labute approximate surface area is 154 Å². The van der Waals surface area contributed by atoms with Crippen molar-refractivity contribution in [2.24, 2.45) is 0 Å². The van der Waals surface area contributed by atoms with Gasteiger partial charge < -0.3 is 14.0 Å². The lowest BCUT2D eigenvalue weighted by Gasteiger charge is -2.39. The van der Waals surface area contributed by atoms with Gasteiger partial charge in [0.15, 0.2) is 8.32 Å². The van der Waals surface area contributed by atoms with Crippen LogP contribution in [0.4, 0.5) is 0 Å². The van der Waals surface area contributed by atoms with Gasteiger partial charge in [0.05, 0.1) is 19.3 Å². The summed E-state index contributed by atoms with van der Waals surface area (Å²) in [6.07, 6.45) is 2.83. The molecular weight excluding hydrogens is 328 g/mol. The van der Waals surface area contributed by atoms with Gasteiger partial charge in [0.25, 0.3) is 0 Å². The number of hydrogen-bond donors (Lipinski definition) is 0. The maximum absolute atomic E-state index is 11.0. The molecule has 0 unspecified atom stereocenters. The number of carbonyl (C=O) groups excluding carboxylic acids is 1. The highest BCUT2D eigenvalue weighted by atomic mass is 28.4. The predicted octanol–water partition coefficient (Wildman–Crippen LogP) is 5.52. The molecule has 0 radical (unpaired) electrons. The van der Waals surface area contributed by atoms with Crippen molar-refractivity contribution in [3.8, 4) is 0 Å². The molecule has 1 aromatic rings. The van der Waals surface area contributed by atoms with Crippen LogP contribution in [0.3, 0.4) is 0 Å². The van der Waals surface area contributed by atoms with Crippen molar-refractivity contribution < 1.29 is 14.0 Å². The highest BCUT2D eigenvalue weighted by Crippen LogP contribution is 2.38. The lowest BCUT2D eigenvalue weighted by Crippen LogP contribution is -2.44. The van der Waals surface area contributed by atoms with E-state index in [4.69, 9.17) is 9.16 Å². The summed E-state index contributed by atoms with van der Waals surface area (Å²) >= 11 is 0. The second-order valence-electron chi connectivity index (χ2n) is 8.14. The first-order chi connectivity index (χ1) is 11.7. The Balaban J connectivity index is 2.41. The quantitative estimate of drug-likeness (QED) is 0.225. The highest BCUT2D eigenvalue weighted by Gasteiger charge is 2.39. The zero-order valence-corrected chi connectivity index (χ0v) is 17.5. The van der Waals surface area contributed by atoms with Crippen LogP contribution in [0.2, 0.25) is 18.1 Å². The molecule has 0 saturated carbocycles. The summed E-state index contributed by atoms with van der Waals surface area (Å²) in [7, 11) is -1.89. The zero-order chi connectivity index (χ0) is 18.9. The van der Waals surface area contributed by atoms with Crippen LogP contribution < -0.4 is 0 Å². The van der Waals surface area contributed by atoms with Gasteiger partial charge in [-0.2, -0.15) is 0 Å². The molecule has 1 aromatic carbocycles. The van der Waals surface area contributed by atoms with E-state index in [1.807, 2.05) is 18.2 Å². The monoisotopic (exact) mass is 362 g/mol. The van der Waals surface area contributed by atoms with Gasteiger partial charge in [0.2, 0.25) is 0 Å². The smallest absolute Gasteiger partial charge is 0.192 e. The Hall–Kier alpha value is -1.23. The van der Waals surface area contributed by atoms with Crippen LogP contribution in [0.15, 0.2) is 42.5 Å². The van der Waals surface area contributed by atoms with Gasteiger partial charge in [0, 0.05) is 6.42 Å². The number of aldehydes is 1. The van der Waals surface area contributed by atoms with Crippen LogP contribution in [-0.2, 0) is 20.6 Å². The summed E-state index contributed by atoms with van der Waals surface area (Å²) in [4.78, 5) is 11.0. The van der Waals surface area contributed by atoms with E-state index in [9.17, 15) is 4.79 Å². The van der Waals surface area contributed by atoms with Crippen molar-refractivity contribution in [1.29, 1.82) is 0 Å². The first-order valence-corrected chi connectivity index (χ1v) is 12.0. The molecule has 0 heterocycles. The lowest BCUT2D eigenvalue weighted by molar-refractivity contribution is -0.109. The summed E-state index contributed by atoms with van der Waals surface area (Å²) in [5.41, 5.74) is 2.26. The van der Waals surface area contributed by atoms with Crippen LogP contribution in [0.5, 0.6) is 0 Å². The fourth-order valence-electron chi connectivity index (χ4n) is 2.28.